The van der Waals surface area contributed by atoms with Crippen LogP contribution in [0.3, 0.4) is 0 Å². The van der Waals surface area contributed by atoms with Crippen LogP contribution in [0.2, 0.25) is 0 Å². The summed E-state index contributed by atoms with van der Waals surface area (Å²) in [6.45, 7) is 0. The van der Waals surface area contributed by atoms with Crippen LogP contribution >= 0.6 is 12.2 Å². The van der Waals surface area contributed by atoms with Crippen molar-refractivity contribution < 1.29 is 0 Å². The van der Waals surface area contributed by atoms with Crippen molar-refractivity contribution in [2.45, 2.75) is 37.5 Å². The Morgan fingerprint density at radius 2 is 1.80 bits per heavy atom. The van der Waals surface area contributed by atoms with Crippen LogP contribution in [-0.4, -0.2) is 4.99 Å². The smallest absolute Gasteiger partial charge is 0.0736 e. The van der Waals surface area contributed by atoms with Gasteiger partial charge in [-0.25, -0.2) is 0 Å². The average Bonchev–Trinajstić information content (AvgIpc) is 2.68. The van der Waals surface area contributed by atoms with E-state index in [9.17, 15) is 0 Å². The predicted octanol–water partition coefficient (Wildman–Crippen LogP) is 3.17. The normalized spacial score (nSPS) is 18.9. The Balaban J connectivity index is 2.30. The van der Waals surface area contributed by atoms with Gasteiger partial charge in [0.1, 0.15) is 0 Å². The quantitative estimate of drug-likeness (QED) is 0.790. The van der Waals surface area contributed by atoms with Gasteiger partial charge in [-0.05, 0) is 18.4 Å². The van der Waals surface area contributed by atoms with E-state index in [-0.39, 0.29) is 5.41 Å². The fourth-order valence-electron chi connectivity index (χ4n) is 2.74. The van der Waals surface area contributed by atoms with E-state index in [0.29, 0.717) is 4.99 Å². The minimum Gasteiger partial charge on any atom is -0.393 e. The van der Waals surface area contributed by atoms with Gasteiger partial charge in [0.25, 0.3) is 0 Å². The van der Waals surface area contributed by atoms with Crippen LogP contribution in [0.4, 0.5) is 0 Å². The van der Waals surface area contributed by atoms with Crippen LogP contribution in [0.1, 0.15) is 37.7 Å². The van der Waals surface area contributed by atoms with Crippen molar-refractivity contribution in [3.8, 4) is 0 Å². The van der Waals surface area contributed by atoms with Crippen LogP contribution in [0, 0.1) is 0 Å². The lowest BCUT2D eigenvalue weighted by atomic mass is 9.76. The largest absolute Gasteiger partial charge is 0.393 e. The molecule has 1 aliphatic carbocycles. The number of hydrogen-bond acceptors (Lipinski definition) is 1. The van der Waals surface area contributed by atoms with Gasteiger partial charge in [-0.2, -0.15) is 0 Å². The van der Waals surface area contributed by atoms with Crippen LogP contribution < -0.4 is 5.73 Å². The van der Waals surface area contributed by atoms with E-state index >= 15 is 0 Å². The molecule has 0 amide bonds. The van der Waals surface area contributed by atoms with Crippen LogP contribution in [0.5, 0.6) is 0 Å². The molecule has 15 heavy (non-hydrogen) atoms. The molecule has 2 N–H and O–H groups in total. The van der Waals surface area contributed by atoms with Crippen LogP contribution in [-0.2, 0) is 5.41 Å². The Kier molecular flexibility index (Phi) is 3.06. The third-order valence-corrected chi connectivity index (χ3v) is 3.60. The van der Waals surface area contributed by atoms with Crippen molar-refractivity contribution in [3.63, 3.8) is 0 Å². The van der Waals surface area contributed by atoms with E-state index < -0.39 is 0 Å². The second kappa shape index (κ2) is 4.31. The maximum Gasteiger partial charge on any atom is 0.0736 e. The summed E-state index contributed by atoms with van der Waals surface area (Å²) >= 11 is 5.08. The molecule has 0 heterocycles. The third kappa shape index (κ3) is 2.20. The van der Waals surface area contributed by atoms with Gasteiger partial charge in [-0.1, -0.05) is 55.4 Å². The fraction of sp³-hybridized carbons (Fsp3) is 0.462. The summed E-state index contributed by atoms with van der Waals surface area (Å²) in [5.41, 5.74) is 7.38. The highest BCUT2D eigenvalue weighted by Crippen LogP contribution is 2.43. The molecule has 0 aromatic heterocycles. The first kappa shape index (κ1) is 10.6. The monoisotopic (exact) mass is 219 g/mol. The molecule has 1 fully saturated rings. The van der Waals surface area contributed by atoms with Gasteiger partial charge in [0.15, 0.2) is 0 Å². The van der Waals surface area contributed by atoms with E-state index in [4.69, 9.17) is 18.0 Å². The Morgan fingerprint density at radius 3 is 2.33 bits per heavy atom. The molecule has 0 spiro atoms. The van der Waals surface area contributed by atoms with E-state index in [1.54, 1.807) is 0 Å². The van der Waals surface area contributed by atoms with Crippen LogP contribution in [0.25, 0.3) is 0 Å². The highest BCUT2D eigenvalue weighted by atomic mass is 32.1. The SMILES string of the molecule is NC(=S)CC1(c2ccccc2)CCCC1. The molecule has 2 rings (SSSR count). The maximum absolute atomic E-state index is 5.73. The molecule has 1 aromatic rings. The Morgan fingerprint density at radius 1 is 1.20 bits per heavy atom. The summed E-state index contributed by atoms with van der Waals surface area (Å²) in [5.74, 6) is 0. The van der Waals surface area contributed by atoms with E-state index in [2.05, 4.69) is 30.3 Å². The fourth-order valence-corrected chi connectivity index (χ4v) is 3.02. The van der Waals surface area contributed by atoms with E-state index in [0.717, 1.165) is 6.42 Å². The van der Waals surface area contributed by atoms with Crippen molar-refractivity contribution >= 4 is 17.2 Å². The van der Waals surface area contributed by atoms with Gasteiger partial charge >= 0.3 is 0 Å². The number of thiocarbonyl (C=S) groups is 1. The summed E-state index contributed by atoms with van der Waals surface area (Å²) < 4.78 is 0. The van der Waals surface area contributed by atoms with E-state index in [1.165, 1.54) is 31.2 Å². The molecule has 1 aromatic carbocycles. The molecular weight excluding hydrogens is 202 g/mol. The third-order valence-electron chi connectivity index (χ3n) is 3.46. The molecule has 0 saturated heterocycles. The van der Waals surface area contributed by atoms with Gasteiger partial charge in [0.05, 0.1) is 4.99 Å². The Labute approximate surface area is 96.7 Å². The minimum absolute atomic E-state index is 0.243. The molecule has 1 saturated carbocycles. The van der Waals surface area contributed by atoms with Gasteiger partial charge in [0.2, 0.25) is 0 Å². The van der Waals surface area contributed by atoms with Gasteiger partial charge < -0.3 is 5.73 Å². The first-order chi connectivity index (χ1) is 7.23. The zero-order valence-electron chi connectivity index (χ0n) is 8.91. The number of rotatable bonds is 3. The molecular formula is C13H17NS. The number of nitrogens with two attached hydrogens (primary N) is 1. The number of benzene rings is 1. The topological polar surface area (TPSA) is 26.0 Å². The zero-order valence-corrected chi connectivity index (χ0v) is 9.72. The molecule has 0 aliphatic heterocycles. The lowest BCUT2D eigenvalue weighted by Crippen LogP contribution is -2.28. The first-order valence-corrected chi connectivity index (χ1v) is 5.98. The second-order valence-electron chi connectivity index (χ2n) is 4.50. The minimum atomic E-state index is 0.243. The van der Waals surface area contributed by atoms with Crippen LogP contribution in [0.15, 0.2) is 30.3 Å². The molecule has 1 nitrogen and oxygen atoms in total. The maximum atomic E-state index is 5.73. The summed E-state index contributed by atoms with van der Waals surface area (Å²) in [4.78, 5) is 0.653. The highest BCUT2D eigenvalue weighted by molar-refractivity contribution is 7.80. The molecule has 0 bridgehead atoms. The summed E-state index contributed by atoms with van der Waals surface area (Å²) in [5, 5.41) is 0. The summed E-state index contributed by atoms with van der Waals surface area (Å²) in [6.07, 6.45) is 5.93. The van der Waals surface area contributed by atoms with Crippen molar-refractivity contribution in [1.82, 2.24) is 0 Å². The lowest BCUT2D eigenvalue weighted by molar-refractivity contribution is 0.460. The highest BCUT2D eigenvalue weighted by Gasteiger charge is 2.35. The molecule has 80 valence electrons. The van der Waals surface area contributed by atoms with Crippen molar-refractivity contribution in [2.75, 3.05) is 0 Å². The Hall–Kier alpha value is -0.890. The second-order valence-corrected chi connectivity index (χ2v) is 5.02. The van der Waals surface area contributed by atoms with Crippen molar-refractivity contribution in [2.24, 2.45) is 5.73 Å². The lowest BCUT2D eigenvalue weighted by Gasteiger charge is -2.29. The molecule has 0 unspecified atom stereocenters. The molecule has 1 aliphatic rings. The number of hydrogen-bond donors (Lipinski definition) is 1. The molecule has 0 atom stereocenters. The molecule has 2 heteroatoms. The van der Waals surface area contributed by atoms with Crippen molar-refractivity contribution in [1.29, 1.82) is 0 Å². The summed E-state index contributed by atoms with van der Waals surface area (Å²) in [6, 6.07) is 10.7. The average molecular weight is 219 g/mol. The van der Waals surface area contributed by atoms with E-state index in [1.807, 2.05) is 0 Å². The summed E-state index contributed by atoms with van der Waals surface area (Å²) in [7, 11) is 0. The predicted molar refractivity (Wildman–Crippen MR) is 68.0 cm³/mol. The van der Waals surface area contributed by atoms with Gasteiger partial charge in [-0.3, -0.25) is 0 Å². The van der Waals surface area contributed by atoms with Gasteiger partial charge in [-0.15, -0.1) is 0 Å². The first-order valence-electron chi connectivity index (χ1n) is 5.57. The Bertz CT molecular complexity index is 339. The standard InChI is InChI=1S/C13H17NS/c14-12(15)10-13(8-4-5-9-13)11-6-2-1-3-7-11/h1-3,6-7H,4-5,8-10H2,(H2,14,15). The van der Waals surface area contributed by atoms with Gasteiger partial charge in [0, 0.05) is 11.8 Å². The zero-order chi connectivity index (χ0) is 10.7. The van der Waals surface area contributed by atoms with Crippen molar-refractivity contribution in [3.05, 3.63) is 35.9 Å². The molecule has 0 radical (unpaired) electrons.